The monoisotopic (exact) mass is 562 g/mol. The molecule has 1 aromatic rings. The normalized spacial score (nSPS) is 34.5. The summed E-state index contributed by atoms with van der Waals surface area (Å²) in [4.78, 5) is 25.4. The van der Waals surface area contributed by atoms with Crippen molar-refractivity contribution in [1.29, 1.82) is 0 Å². The fourth-order valence-electron chi connectivity index (χ4n) is 6.79. The van der Waals surface area contributed by atoms with E-state index in [2.05, 4.69) is 5.32 Å². The summed E-state index contributed by atoms with van der Waals surface area (Å²) >= 11 is 18.7. The van der Waals surface area contributed by atoms with Gasteiger partial charge in [0.1, 0.15) is 0 Å². The average molecular weight is 564 g/mol. The van der Waals surface area contributed by atoms with E-state index < -0.39 is 16.4 Å². The summed E-state index contributed by atoms with van der Waals surface area (Å²) in [5.74, 6) is 0.402. The summed E-state index contributed by atoms with van der Waals surface area (Å²) in [5.41, 5.74) is 5.59. The number of anilines is 1. The molecule has 0 spiro atoms. The van der Waals surface area contributed by atoms with Crippen LogP contribution >= 0.6 is 45.8 Å². The summed E-state index contributed by atoms with van der Waals surface area (Å²) in [5, 5.41) is 3.84. The van der Waals surface area contributed by atoms with Crippen molar-refractivity contribution in [2.45, 2.75) is 38.1 Å². The highest BCUT2D eigenvalue weighted by Gasteiger charge is 2.58. The largest absolute Gasteiger partial charge is 0.369 e. The number of carbonyl (C=O) groups excluding carboxylic acids is 2. The molecule has 5 N–H and O–H groups in total. The summed E-state index contributed by atoms with van der Waals surface area (Å²) in [6, 6.07) is 2.93. The Labute approximate surface area is 221 Å². The molecule has 4 bridgehead atoms. The molecular formula is C23H29Cl3N4O4S. The lowest BCUT2D eigenvalue weighted by molar-refractivity contribution is -0.147. The van der Waals surface area contributed by atoms with Crippen LogP contribution in [-0.2, 0) is 9.59 Å². The van der Waals surface area contributed by atoms with Crippen LogP contribution < -0.4 is 15.4 Å². The van der Waals surface area contributed by atoms with Gasteiger partial charge in [-0.15, -0.1) is 0 Å². The van der Waals surface area contributed by atoms with Gasteiger partial charge < -0.3 is 11.1 Å². The van der Waals surface area contributed by atoms with Gasteiger partial charge >= 0.3 is 0 Å². The van der Waals surface area contributed by atoms with E-state index in [0.29, 0.717) is 23.8 Å². The lowest BCUT2D eigenvalue weighted by atomic mass is 9.47. The van der Waals surface area contributed by atoms with Crippen molar-refractivity contribution in [3.63, 3.8) is 0 Å². The first-order valence-corrected chi connectivity index (χ1v) is 14.3. The predicted octanol–water partition coefficient (Wildman–Crippen LogP) is 4.70. The van der Waals surface area contributed by atoms with Gasteiger partial charge in [0.05, 0.1) is 28.8 Å². The second kappa shape index (κ2) is 9.28. The van der Waals surface area contributed by atoms with Gasteiger partial charge in [0.2, 0.25) is 11.8 Å². The van der Waals surface area contributed by atoms with Gasteiger partial charge in [0.15, 0.2) is 0 Å². The highest BCUT2D eigenvalue weighted by molar-refractivity contribution is 8.23. The third kappa shape index (κ3) is 4.54. The van der Waals surface area contributed by atoms with Crippen LogP contribution in [0.5, 0.6) is 0 Å². The van der Waals surface area contributed by atoms with E-state index in [9.17, 15) is 18.7 Å². The molecular weight excluding hydrogens is 535 g/mol. The number of rotatable bonds is 5. The summed E-state index contributed by atoms with van der Waals surface area (Å²) in [7, 11) is -3.62. The molecule has 4 fully saturated rings. The standard InChI is InChI=1S/C23H29Cl3N4O4S/c24-16-7-17(25)21(18(26)8-16)30-4-2-1-3-29(35(30,33)34)12-19(31)28-20-14-5-13-6-15(20)11-23(9-13,10-14)22(27)32/h1-2,7-8,13-15,20,33-34H,3-6,9-12H2,(H2,27,32)(H,28,31). The van der Waals surface area contributed by atoms with Gasteiger partial charge in [-0.25, -0.2) is 0 Å². The number of primary amides is 1. The highest BCUT2D eigenvalue weighted by Crippen LogP contribution is 2.60. The van der Waals surface area contributed by atoms with Crippen molar-refractivity contribution in [3.8, 4) is 0 Å². The Hall–Kier alpha value is -1.20. The molecule has 4 aliphatic carbocycles. The Balaban J connectivity index is 1.32. The molecule has 35 heavy (non-hydrogen) atoms. The Morgan fingerprint density at radius 3 is 2.26 bits per heavy atom. The molecule has 4 saturated carbocycles. The van der Waals surface area contributed by atoms with Gasteiger partial charge in [0.25, 0.3) is 0 Å². The highest BCUT2D eigenvalue weighted by atomic mass is 35.5. The Morgan fingerprint density at radius 1 is 1.06 bits per heavy atom. The molecule has 2 amide bonds. The maximum absolute atomic E-state index is 13.2. The molecule has 2 unspecified atom stereocenters. The maximum Gasteiger partial charge on any atom is 0.236 e. The SMILES string of the molecule is NC(=O)C12CC3CC(C1)C(NC(=O)CN1CC=CCN(c4c(Cl)cc(Cl)cc4Cl)S1(O)O)C(C3)C2. The maximum atomic E-state index is 13.2. The van der Waals surface area contributed by atoms with Crippen molar-refractivity contribution in [3.05, 3.63) is 39.4 Å². The first kappa shape index (κ1) is 25.4. The molecule has 2 atom stereocenters. The molecule has 192 valence electrons. The second-order valence-electron chi connectivity index (χ2n) is 10.3. The van der Waals surface area contributed by atoms with Crippen LogP contribution in [0.2, 0.25) is 15.1 Å². The minimum atomic E-state index is -3.62. The van der Waals surface area contributed by atoms with Gasteiger partial charge in [-0.3, -0.25) is 23.0 Å². The van der Waals surface area contributed by atoms with Crippen molar-refractivity contribution in [2.24, 2.45) is 28.9 Å². The Kier molecular flexibility index (Phi) is 6.74. The average Bonchev–Trinajstić information content (AvgIpc) is 2.88. The van der Waals surface area contributed by atoms with Crippen molar-refractivity contribution < 1.29 is 18.7 Å². The molecule has 8 nitrogen and oxygen atoms in total. The van der Waals surface area contributed by atoms with Crippen LogP contribution in [0.15, 0.2) is 24.3 Å². The van der Waals surface area contributed by atoms with Crippen LogP contribution in [0, 0.1) is 23.2 Å². The number of amides is 2. The predicted molar refractivity (Wildman–Crippen MR) is 139 cm³/mol. The number of nitrogens with one attached hydrogen (secondary N) is 1. The number of halogens is 3. The fraction of sp³-hybridized carbons (Fsp3) is 0.565. The smallest absolute Gasteiger partial charge is 0.236 e. The van der Waals surface area contributed by atoms with Gasteiger partial charge in [-0.2, -0.15) is 4.31 Å². The Morgan fingerprint density at radius 2 is 1.66 bits per heavy atom. The van der Waals surface area contributed by atoms with Gasteiger partial charge in [-0.1, -0.05) is 47.0 Å². The summed E-state index contributed by atoms with van der Waals surface area (Å²) in [6.45, 7) is 0.0939. The molecule has 5 aliphatic rings. The van der Waals surface area contributed by atoms with Gasteiger partial charge in [0, 0.05) is 23.0 Å². The van der Waals surface area contributed by atoms with Crippen molar-refractivity contribution in [1.82, 2.24) is 9.62 Å². The van der Waals surface area contributed by atoms with E-state index >= 15 is 0 Å². The van der Waals surface area contributed by atoms with Crippen LogP contribution in [0.25, 0.3) is 0 Å². The van der Waals surface area contributed by atoms with Crippen molar-refractivity contribution in [2.75, 3.05) is 23.9 Å². The zero-order valence-electron chi connectivity index (χ0n) is 19.0. The van der Waals surface area contributed by atoms with Crippen molar-refractivity contribution >= 4 is 63.3 Å². The van der Waals surface area contributed by atoms with E-state index in [1.807, 2.05) is 0 Å². The number of nitrogens with zero attached hydrogens (tertiary/aromatic N) is 2. The molecule has 1 heterocycles. The summed E-state index contributed by atoms with van der Waals surface area (Å²) < 4.78 is 25.2. The lowest BCUT2D eigenvalue weighted by Gasteiger charge is -2.59. The van der Waals surface area contributed by atoms with E-state index in [1.54, 1.807) is 12.2 Å². The number of benzene rings is 1. The first-order chi connectivity index (χ1) is 16.5. The number of hydrogen-bond donors (Lipinski definition) is 4. The van der Waals surface area contributed by atoms with E-state index in [-0.39, 0.29) is 65.1 Å². The molecule has 0 radical (unpaired) electrons. The first-order valence-electron chi connectivity index (χ1n) is 11.7. The third-order valence-electron chi connectivity index (χ3n) is 8.06. The fourth-order valence-corrected chi connectivity index (χ4v) is 9.50. The molecule has 1 aromatic carbocycles. The minimum Gasteiger partial charge on any atom is -0.369 e. The van der Waals surface area contributed by atoms with E-state index in [1.165, 1.54) is 20.7 Å². The van der Waals surface area contributed by atoms with Crippen LogP contribution in [0.1, 0.15) is 32.1 Å². The summed E-state index contributed by atoms with van der Waals surface area (Å²) in [6.07, 6.45) is 7.81. The number of hydrogen-bond acceptors (Lipinski definition) is 6. The molecule has 0 saturated heterocycles. The lowest BCUT2D eigenvalue weighted by Crippen LogP contribution is -2.62. The Bertz CT molecular complexity index is 1050. The van der Waals surface area contributed by atoms with E-state index in [0.717, 1.165) is 19.3 Å². The van der Waals surface area contributed by atoms with Crippen LogP contribution in [0.4, 0.5) is 5.69 Å². The number of carbonyl (C=O) groups is 2. The topological polar surface area (TPSA) is 119 Å². The second-order valence-corrected chi connectivity index (χ2v) is 13.5. The molecule has 0 aromatic heterocycles. The van der Waals surface area contributed by atoms with Gasteiger partial charge in [-0.05, 0) is 73.0 Å². The van der Waals surface area contributed by atoms with Crippen LogP contribution in [0.3, 0.4) is 0 Å². The number of nitrogens with two attached hydrogens (primary N) is 1. The van der Waals surface area contributed by atoms with E-state index in [4.69, 9.17) is 40.5 Å². The zero-order chi connectivity index (χ0) is 25.1. The minimum absolute atomic E-state index is 0.0351. The quantitative estimate of drug-likeness (QED) is 0.386. The van der Waals surface area contributed by atoms with Crippen LogP contribution in [-0.4, -0.2) is 50.9 Å². The zero-order valence-corrected chi connectivity index (χ0v) is 22.1. The molecule has 12 heteroatoms. The third-order valence-corrected chi connectivity index (χ3v) is 10.8. The molecule has 6 rings (SSSR count). The molecule has 1 aliphatic heterocycles.